The minimum absolute atomic E-state index is 0.903. The number of fused-ring (bicyclic) bond motifs is 1. The number of hydrogen-bond donors (Lipinski definition) is 0. The molecule has 0 spiro atoms. The van der Waals surface area contributed by atoms with E-state index < -0.39 is 0 Å². The van der Waals surface area contributed by atoms with E-state index in [4.69, 9.17) is 4.98 Å². The van der Waals surface area contributed by atoms with E-state index in [1.165, 1.54) is 29.5 Å². The molecule has 0 aromatic carbocycles. The lowest BCUT2D eigenvalue weighted by Gasteiger charge is -2.25. The molecule has 0 radical (unpaired) electrons. The first-order valence-corrected chi connectivity index (χ1v) is 9.60. The van der Waals surface area contributed by atoms with Crippen molar-refractivity contribution in [3.8, 4) is 0 Å². The molecule has 3 aromatic heterocycles. The Labute approximate surface area is 155 Å². The normalized spacial score (nSPS) is 15.5. The van der Waals surface area contributed by atoms with Crippen LogP contribution >= 0.6 is 0 Å². The molecule has 26 heavy (non-hydrogen) atoms. The fourth-order valence-electron chi connectivity index (χ4n) is 3.55. The van der Waals surface area contributed by atoms with E-state index in [2.05, 4.69) is 69.7 Å². The van der Waals surface area contributed by atoms with Crippen LogP contribution in [0, 0.1) is 6.92 Å². The van der Waals surface area contributed by atoms with E-state index in [0.717, 1.165) is 43.9 Å². The lowest BCUT2D eigenvalue weighted by molar-refractivity contribution is 0.291. The SMILES string of the molecule is CCCCn1cc(C2=CCN(Cc3cn4cc(C)ccc4n3)CC2)cn1. The van der Waals surface area contributed by atoms with Crippen molar-refractivity contribution in [1.29, 1.82) is 0 Å². The summed E-state index contributed by atoms with van der Waals surface area (Å²) >= 11 is 0. The Kier molecular flexibility index (Phi) is 4.89. The van der Waals surface area contributed by atoms with E-state index in [9.17, 15) is 0 Å². The Morgan fingerprint density at radius 3 is 2.88 bits per heavy atom. The predicted molar refractivity (Wildman–Crippen MR) is 105 cm³/mol. The third-order valence-corrected chi connectivity index (χ3v) is 5.07. The molecule has 0 saturated carbocycles. The van der Waals surface area contributed by atoms with Gasteiger partial charge < -0.3 is 4.40 Å². The van der Waals surface area contributed by atoms with E-state index >= 15 is 0 Å². The summed E-state index contributed by atoms with van der Waals surface area (Å²) in [6.45, 7) is 8.29. The molecule has 3 aromatic rings. The molecule has 1 aliphatic heterocycles. The molecule has 0 aliphatic carbocycles. The van der Waals surface area contributed by atoms with Gasteiger partial charge in [0.2, 0.25) is 0 Å². The van der Waals surface area contributed by atoms with Gasteiger partial charge in [-0.2, -0.15) is 5.10 Å². The molecular formula is C21H27N5. The maximum atomic E-state index is 4.74. The largest absolute Gasteiger partial charge is 0.307 e. The van der Waals surface area contributed by atoms with Gasteiger partial charge in [0.15, 0.2) is 0 Å². The lowest BCUT2D eigenvalue weighted by Crippen LogP contribution is -2.28. The molecule has 5 nitrogen and oxygen atoms in total. The van der Waals surface area contributed by atoms with Gasteiger partial charge in [-0.05, 0) is 37.0 Å². The van der Waals surface area contributed by atoms with Gasteiger partial charge >= 0.3 is 0 Å². The summed E-state index contributed by atoms with van der Waals surface area (Å²) in [5.74, 6) is 0. The molecule has 0 unspecified atom stereocenters. The fourth-order valence-corrected chi connectivity index (χ4v) is 3.55. The average Bonchev–Trinajstić information content (AvgIpc) is 3.27. The number of hydrogen-bond acceptors (Lipinski definition) is 3. The maximum absolute atomic E-state index is 4.74. The molecule has 1 aliphatic rings. The summed E-state index contributed by atoms with van der Waals surface area (Å²) in [5, 5.41) is 4.50. The van der Waals surface area contributed by atoms with Gasteiger partial charge in [-0.15, -0.1) is 0 Å². The molecule has 0 fully saturated rings. The molecule has 4 heterocycles. The van der Waals surface area contributed by atoms with E-state index in [0.29, 0.717) is 0 Å². The molecule has 5 heteroatoms. The first-order valence-electron chi connectivity index (χ1n) is 9.60. The van der Waals surface area contributed by atoms with Crippen molar-refractivity contribution < 1.29 is 0 Å². The fraction of sp³-hybridized carbons (Fsp3) is 0.429. The first kappa shape index (κ1) is 17.0. The molecule has 4 rings (SSSR count). The number of imidazole rings is 1. The Hall–Kier alpha value is -2.40. The van der Waals surface area contributed by atoms with Crippen molar-refractivity contribution in [2.45, 2.75) is 46.2 Å². The number of aromatic nitrogens is 4. The van der Waals surface area contributed by atoms with Gasteiger partial charge in [0.1, 0.15) is 5.65 Å². The van der Waals surface area contributed by atoms with Crippen LogP contribution < -0.4 is 0 Å². The van der Waals surface area contributed by atoms with Crippen LogP contribution in [0.5, 0.6) is 0 Å². The highest BCUT2D eigenvalue weighted by Crippen LogP contribution is 2.23. The Morgan fingerprint density at radius 1 is 1.15 bits per heavy atom. The van der Waals surface area contributed by atoms with Gasteiger partial charge in [-0.3, -0.25) is 9.58 Å². The third kappa shape index (κ3) is 3.73. The third-order valence-electron chi connectivity index (χ3n) is 5.07. The zero-order valence-electron chi connectivity index (χ0n) is 15.7. The van der Waals surface area contributed by atoms with Crippen LogP contribution in [0.1, 0.15) is 43.0 Å². The smallest absolute Gasteiger partial charge is 0.137 e. The monoisotopic (exact) mass is 349 g/mol. The predicted octanol–water partition coefficient (Wildman–Crippen LogP) is 3.93. The minimum Gasteiger partial charge on any atom is -0.307 e. The van der Waals surface area contributed by atoms with Crippen LogP contribution in [-0.2, 0) is 13.1 Å². The van der Waals surface area contributed by atoms with Crippen LogP contribution in [-0.4, -0.2) is 37.2 Å². The average molecular weight is 349 g/mol. The van der Waals surface area contributed by atoms with E-state index in [1.807, 2.05) is 6.20 Å². The van der Waals surface area contributed by atoms with E-state index in [-0.39, 0.29) is 0 Å². The topological polar surface area (TPSA) is 38.4 Å². The second-order valence-corrected chi connectivity index (χ2v) is 7.26. The van der Waals surface area contributed by atoms with Crippen molar-refractivity contribution in [1.82, 2.24) is 24.1 Å². The summed E-state index contributed by atoms with van der Waals surface area (Å²) in [7, 11) is 0. The molecule has 0 bridgehead atoms. The van der Waals surface area contributed by atoms with Gasteiger partial charge in [-0.1, -0.05) is 25.5 Å². The lowest BCUT2D eigenvalue weighted by atomic mass is 10.0. The first-order chi connectivity index (χ1) is 12.7. The molecule has 136 valence electrons. The van der Waals surface area contributed by atoms with Crippen LogP contribution in [0.2, 0.25) is 0 Å². The Morgan fingerprint density at radius 2 is 2.08 bits per heavy atom. The standard InChI is InChI=1S/C21H27N5/c1-3-4-9-26-14-19(12-22-26)18-7-10-24(11-8-18)15-20-16-25-13-17(2)5-6-21(25)23-20/h5-7,12-14,16H,3-4,8-11,15H2,1-2H3. The number of unbranched alkanes of at least 4 members (excludes halogenated alkanes) is 1. The van der Waals surface area contributed by atoms with Crippen molar-refractivity contribution in [3.63, 3.8) is 0 Å². The molecular weight excluding hydrogens is 322 g/mol. The van der Waals surface area contributed by atoms with Crippen molar-refractivity contribution in [3.05, 3.63) is 59.8 Å². The summed E-state index contributed by atoms with van der Waals surface area (Å²) in [6.07, 6.45) is 14.3. The van der Waals surface area contributed by atoms with Crippen LogP contribution in [0.3, 0.4) is 0 Å². The maximum Gasteiger partial charge on any atom is 0.137 e. The van der Waals surface area contributed by atoms with Crippen LogP contribution in [0.4, 0.5) is 0 Å². The highest BCUT2D eigenvalue weighted by atomic mass is 15.3. The minimum atomic E-state index is 0.903. The highest BCUT2D eigenvalue weighted by Gasteiger charge is 2.15. The molecule has 0 atom stereocenters. The molecule has 0 N–H and O–H groups in total. The summed E-state index contributed by atoms with van der Waals surface area (Å²) < 4.78 is 4.20. The number of rotatable bonds is 6. The van der Waals surface area contributed by atoms with Gasteiger partial charge in [0.05, 0.1) is 11.9 Å². The van der Waals surface area contributed by atoms with Crippen molar-refractivity contribution >= 4 is 11.2 Å². The molecule has 0 saturated heterocycles. The van der Waals surface area contributed by atoms with Gasteiger partial charge in [0, 0.05) is 50.3 Å². The Balaban J connectivity index is 1.39. The summed E-state index contributed by atoms with van der Waals surface area (Å²) in [5.41, 5.74) is 6.13. The van der Waals surface area contributed by atoms with Gasteiger partial charge in [0.25, 0.3) is 0 Å². The second kappa shape index (κ2) is 7.46. The second-order valence-electron chi connectivity index (χ2n) is 7.26. The molecule has 0 amide bonds. The van der Waals surface area contributed by atoms with Crippen molar-refractivity contribution in [2.24, 2.45) is 0 Å². The number of pyridine rings is 1. The van der Waals surface area contributed by atoms with Crippen LogP contribution in [0.15, 0.2) is 43.0 Å². The number of nitrogens with zero attached hydrogens (tertiary/aromatic N) is 5. The summed E-state index contributed by atoms with van der Waals surface area (Å²) in [6, 6.07) is 4.20. The van der Waals surface area contributed by atoms with E-state index in [1.54, 1.807) is 0 Å². The summed E-state index contributed by atoms with van der Waals surface area (Å²) in [4.78, 5) is 7.20. The van der Waals surface area contributed by atoms with Crippen LogP contribution in [0.25, 0.3) is 11.2 Å². The Bertz CT molecular complexity index is 918. The highest BCUT2D eigenvalue weighted by molar-refractivity contribution is 5.65. The number of aryl methyl sites for hydroxylation is 2. The van der Waals surface area contributed by atoms with Crippen molar-refractivity contribution in [2.75, 3.05) is 13.1 Å². The zero-order chi connectivity index (χ0) is 17.9. The zero-order valence-corrected chi connectivity index (χ0v) is 15.7. The van der Waals surface area contributed by atoms with Gasteiger partial charge in [-0.25, -0.2) is 4.98 Å². The quantitative estimate of drug-likeness (QED) is 0.677.